The number of imidazole rings is 1. The van der Waals surface area contributed by atoms with Crippen LogP contribution in [0.25, 0.3) is 0 Å². The largest absolute Gasteiger partial charge is 0.378 e. The van der Waals surface area contributed by atoms with E-state index in [0.29, 0.717) is 12.8 Å². The summed E-state index contributed by atoms with van der Waals surface area (Å²) >= 11 is 0. The van der Waals surface area contributed by atoms with E-state index in [9.17, 15) is 5.11 Å². The maximum atomic E-state index is 9.62. The van der Waals surface area contributed by atoms with Gasteiger partial charge in [0.25, 0.3) is 0 Å². The van der Waals surface area contributed by atoms with Crippen molar-refractivity contribution in [3.8, 4) is 11.8 Å². The molecule has 14 heavy (non-hydrogen) atoms. The monoisotopic (exact) mass is 192 g/mol. The van der Waals surface area contributed by atoms with E-state index in [1.54, 1.807) is 13.1 Å². The van der Waals surface area contributed by atoms with E-state index in [2.05, 4.69) is 16.8 Å². The van der Waals surface area contributed by atoms with E-state index in [0.717, 1.165) is 5.82 Å². The number of aryl methyl sites for hydroxylation is 1. The number of nitrogens with zero attached hydrogens (tertiary/aromatic N) is 2. The van der Waals surface area contributed by atoms with Crippen LogP contribution in [0.1, 0.15) is 26.1 Å². The van der Waals surface area contributed by atoms with E-state index in [1.165, 1.54) is 0 Å². The van der Waals surface area contributed by atoms with Crippen molar-refractivity contribution < 1.29 is 5.11 Å². The van der Waals surface area contributed by atoms with Gasteiger partial charge in [0, 0.05) is 19.4 Å². The van der Waals surface area contributed by atoms with Crippen LogP contribution in [0, 0.1) is 11.8 Å². The van der Waals surface area contributed by atoms with E-state index in [4.69, 9.17) is 0 Å². The van der Waals surface area contributed by atoms with Crippen LogP contribution in [0.5, 0.6) is 0 Å². The molecule has 3 nitrogen and oxygen atoms in total. The van der Waals surface area contributed by atoms with Crippen molar-refractivity contribution in [1.29, 1.82) is 0 Å². The molecule has 1 rings (SSSR count). The van der Waals surface area contributed by atoms with Crippen molar-refractivity contribution >= 4 is 0 Å². The summed E-state index contributed by atoms with van der Waals surface area (Å²) in [5, 5.41) is 9.62. The highest BCUT2D eigenvalue weighted by molar-refractivity contribution is 5.15. The quantitative estimate of drug-likeness (QED) is 0.713. The van der Waals surface area contributed by atoms with Crippen molar-refractivity contribution in [2.75, 3.05) is 0 Å². The molecule has 76 valence electrons. The van der Waals surface area contributed by atoms with Crippen molar-refractivity contribution in [2.45, 2.75) is 32.3 Å². The molecule has 1 aromatic heterocycles. The van der Waals surface area contributed by atoms with Gasteiger partial charge in [0.2, 0.25) is 0 Å². The molecular formula is C11H16N2O. The Morgan fingerprint density at radius 2 is 2.36 bits per heavy atom. The molecule has 1 unspecified atom stereocenters. The molecule has 0 aromatic carbocycles. The Hall–Kier alpha value is -1.27. The fraction of sp³-hybridized carbons (Fsp3) is 0.545. The molecule has 0 aliphatic carbocycles. The first kappa shape index (κ1) is 10.8. The van der Waals surface area contributed by atoms with Gasteiger partial charge >= 0.3 is 0 Å². The molecule has 3 heteroatoms. The second kappa shape index (κ2) is 4.30. The van der Waals surface area contributed by atoms with Crippen LogP contribution in [0.4, 0.5) is 0 Å². The van der Waals surface area contributed by atoms with E-state index in [-0.39, 0.29) is 0 Å². The van der Waals surface area contributed by atoms with Crippen LogP contribution in [-0.4, -0.2) is 20.3 Å². The Morgan fingerprint density at radius 3 is 2.86 bits per heavy atom. The van der Waals surface area contributed by atoms with Crippen molar-refractivity contribution in [3.05, 3.63) is 18.2 Å². The summed E-state index contributed by atoms with van der Waals surface area (Å²) in [4.78, 5) is 4.14. The molecule has 1 N–H and O–H groups in total. The highest BCUT2D eigenvalue weighted by Crippen LogP contribution is 2.05. The van der Waals surface area contributed by atoms with Crippen LogP contribution in [0.15, 0.2) is 12.4 Å². The van der Waals surface area contributed by atoms with Crippen LogP contribution in [0.2, 0.25) is 0 Å². The van der Waals surface area contributed by atoms with Crippen LogP contribution in [0.3, 0.4) is 0 Å². The average molecular weight is 192 g/mol. The average Bonchev–Trinajstić information content (AvgIpc) is 2.52. The minimum Gasteiger partial charge on any atom is -0.378 e. The fourth-order valence-electron chi connectivity index (χ4n) is 0.969. The number of aromatic nitrogens is 2. The highest BCUT2D eigenvalue weighted by Gasteiger charge is 2.11. The van der Waals surface area contributed by atoms with Gasteiger partial charge < -0.3 is 9.67 Å². The Balaban J connectivity index is 2.60. The Kier molecular flexibility index (Phi) is 3.32. The number of hydrogen-bond acceptors (Lipinski definition) is 2. The molecule has 0 radical (unpaired) electrons. The summed E-state index contributed by atoms with van der Waals surface area (Å²) in [6.45, 7) is 3.63. The zero-order valence-electron chi connectivity index (χ0n) is 8.91. The van der Waals surface area contributed by atoms with Crippen molar-refractivity contribution in [2.24, 2.45) is 7.05 Å². The maximum Gasteiger partial charge on any atom is 0.122 e. The minimum atomic E-state index is -0.870. The Bertz CT molecular complexity index is 355. The third kappa shape index (κ3) is 2.90. The van der Waals surface area contributed by atoms with Crippen LogP contribution >= 0.6 is 0 Å². The van der Waals surface area contributed by atoms with E-state index in [1.807, 2.05) is 24.7 Å². The Labute approximate surface area is 84.8 Å². The number of hydrogen-bond donors (Lipinski definition) is 1. The van der Waals surface area contributed by atoms with Gasteiger partial charge in [0.05, 0.1) is 6.42 Å². The predicted molar refractivity (Wildman–Crippen MR) is 55.6 cm³/mol. The van der Waals surface area contributed by atoms with Gasteiger partial charge in [0.15, 0.2) is 0 Å². The molecular weight excluding hydrogens is 176 g/mol. The Morgan fingerprint density at radius 1 is 1.64 bits per heavy atom. The zero-order chi connectivity index (χ0) is 10.6. The van der Waals surface area contributed by atoms with Crippen molar-refractivity contribution in [1.82, 2.24) is 9.55 Å². The predicted octanol–water partition coefficient (Wildman–Crippen LogP) is 1.13. The number of rotatable bonds is 2. The lowest BCUT2D eigenvalue weighted by Gasteiger charge is -2.11. The molecule has 1 heterocycles. The molecule has 0 aliphatic heterocycles. The third-order valence-corrected chi connectivity index (χ3v) is 2.21. The first-order valence-corrected chi connectivity index (χ1v) is 4.74. The lowest BCUT2D eigenvalue weighted by atomic mass is 10.1. The van der Waals surface area contributed by atoms with Gasteiger partial charge in [-0.05, 0) is 13.3 Å². The van der Waals surface area contributed by atoms with Crippen LogP contribution < -0.4 is 0 Å². The summed E-state index contributed by atoms with van der Waals surface area (Å²) < 4.78 is 1.93. The molecule has 0 saturated heterocycles. The zero-order valence-corrected chi connectivity index (χ0v) is 8.91. The standard InChI is InChI=1S/C11H16N2O/c1-4-11(2,14)7-5-6-10-12-8-9-13(10)3/h8-9,14H,4,6H2,1-3H3. The molecule has 0 saturated carbocycles. The molecule has 1 atom stereocenters. The summed E-state index contributed by atoms with van der Waals surface area (Å²) in [7, 11) is 1.93. The summed E-state index contributed by atoms with van der Waals surface area (Å²) in [5.74, 6) is 6.68. The first-order valence-electron chi connectivity index (χ1n) is 4.74. The van der Waals surface area contributed by atoms with E-state index < -0.39 is 5.60 Å². The van der Waals surface area contributed by atoms with Crippen LogP contribution in [-0.2, 0) is 13.5 Å². The molecule has 0 bridgehead atoms. The second-order valence-corrected chi connectivity index (χ2v) is 3.56. The molecule has 0 fully saturated rings. The topological polar surface area (TPSA) is 38.1 Å². The number of aliphatic hydroxyl groups is 1. The third-order valence-electron chi connectivity index (χ3n) is 2.21. The van der Waals surface area contributed by atoms with Gasteiger partial charge in [0.1, 0.15) is 11.4 Å². The molecule has 0 spiro atoms. The summed E-state index contributed by atoms with van der Waals surface area (Å²) in [6, 6.07) is 0. The van der Waals surface area contributed by atoms with E-state index >= 15 is 0 Å². The summed E-state index contributed by atoms with van der Waals surface area (Å²) in [5.41, 5.74) is -0.870. The van der Waals surface area contributed by atoms with Gasteiger partial charge in [-0.1, -0.05) is 18.8 Å². The maximum absolute atomic E-state index is 9.62. The molecule has 0 amide bonds. The van der Waals surface area contributed by atoms with Gasteiger partial charge in [-0.3, -0.25) is 0 Å². The smallest absolute Gasteiger partial charge is 0.122 e. The molecule has 1 aromatic rings. The summed E-state index contributed by atoms with van der Waals surface area (Å²) in [6.07, 6.45) is 4.85. The highest BCUT2D eigenvalue weighted by atomic mass is 16.3. The lowest BCUT2D eigenvalue weighted by molar-refractivity contribution is 0.118. The van der Waals surface area contributed by atoms with Crippen molar-refractivity contribution in [3.63, 3.8) is 0 Å². The fourth-order valence-corrected chi connectivity index (χ4v) is 0.969. The second-order valence-electron chi connectivity index (χ2n) is 3.56. The van der Waals surface area contributed by atoms with Gasteiger partial charge in [-0.15, -0.1) is 0 Å². The first-order chi connectivity index (χ1) is 6.55. The van der Waals surface area contributed by atoms with Gasteiger partial charge in [-0.25, -0.2) is 4.98 Å². The minimum absolute atomic E-state index is 0.583. The normalized spacial score (nSPS) is 14.3. The SMILES string of the molecule is CCC(C)(O)C#CCc1nccn1C. The lowest BCUT2D eigenvalue weighted by Crippen LogP contribution is -2.19. The van der Waals surface area contributed by atoms with Gasteiger partial charge in [-0.2, -0.15) is 0 Å². The molecule has 0 aliphatic rings.